The molecule has 18 heavy (non-hydrogen) atoms. The minimum absolute atomic E-state index is 0.162. The van der Waals surface area contributed by atoms with E-state index in [1.54, 1.807) is 0 Å². The first-order valence-electron chi connectivity index (χ1n) is 6.05. The Labute approximate surface area is 111 Å². The van der Waals surface area contributed by atoms with Crippen molar-refractivity contribution in [2.75, 3.05) is 38.9 Å². The maximum Gasteiger partial charge on any atom is 0.325 e. The van der Waals surface area contributed by atoms with E-state index in [1.165, 1.54) is 4.90 Å². The van der Waals surface area contributed by atoms with E-state index in [-0.39, 0.29) is 18.5 Å². The first-order valence-corrected chi connectivity index (χ1v) is 6.59. The molecule has 0 aromatic carbocycles. The maximum atomic E-state index is 12.3. The van der Waals surface area contributed by atoms with Gasteiger partial charge in [-0.2, -0.15) is 0 Å². The molecule has 102 valence electrons. The summed E-state index contributed by atoms with van der Waals surface area (Å²) in [6.45, 7) is 2.01. The highest BCUT2D eigenvalue weighted by Crippen LogP contribution is 2.28. The molecule has 0 saturated carbocycles. The molecule has 2 fully saturated rings. The van der Waals surface area contributed by atoms with Crippen molar-refractivity contribution in [3.05, 3.63) is 0 Å². The van der Waals surface area contributed by atoms with E-state index >= 15 is 0 Å². The molecule has 6 nitrogen and oxygen atoms in total. The molecule has 2 rings (SSSR count). The van der Waals surface area contributed by atoms with Gasteiger partial charge in [-0.15, -0.1) is 11.6 Å². The van der Waals surface area contributed by atoms with E-state index in [4.69, 9.17) is 21.1 Å². The molecular formula is C11H17ClN2O4. The van der Waals surface area contributed by atoms with Crippen LogP contribution < -0.4 is 5.32 Å². The Hall–Kier alpha value is -0.850. The molecule has 7 heteroatoms. The van der Waals surface area contributed by atoms with Crippen LogP contribution in [-0.2, 0) is 14.3 Å². The van der Waals surface area contributed by atoms with Crippen LogP contribution in [-0.4, -0.2) is 61.2 Å². The first kappa shape index (κ1) is 13.6. The lowest BCUT2D eigenvalue weighted by Gasteiger charge is -2.30. The topological polar surface area (TPSA) is 67.9 Å². The predicted molar refractivity (Wildman–Crippen MR) is 64.6 cm³/mol. The molecule has 2 aliphatic rings. The van der Waals surface area contributed by atoms with Gasteiger partial charge >= 0.3 is 6.03 Å². The van der Waals surface area contributed by atoms with Gasteiger partial charge in [0.05, 0.1) is 19.8 Å². The fourth-order valence-corrected chi connectivity index (χ4v) is 2.36. The van der Waals surface area contributed by atoms with Crippen LogP contribution in [0, 0.1) is 0 Å². The molecule has 0 aromatic rings. The van der Waals surface area contributed by atoms with Gasteiger partial charge < -0.3 is 14.8 Å². The van der Waals surface area contributed by atoms with Crippen molar-refractivity contribution in [2.24, 2.45) is 0 Å². The number of amides is 3. The summed E-state index contributed by atoms with van der Waals surface area (Å²) in [6.07, 6.45) is 1.08. The average molecular weight is 277 g/mol. The first-order chi connectivity index (χ1) is 8.69. The van der Waals surface area contributed by atoms with Crippen molar-refractivity contribution in [1.82, 2.24) is 10.2 Å². The Morgan fingerprint density at radius 1 is 1.33 bits per heavy atom. The van der Waals surface area contributed by atoms with Gasteiger partial charge in [0.25, 0.3) is 5.91 Å². The van der Waals surface area contributed by atoms with Crippen molar-refractivity contribution in [2.45, 2.75) is 18.4 Å². The molecule has 3 amide bonds. The van der Waals surface area contributed by atoms with Gasteiger partial charge in [-0.05, 0) is 0 Å². The monoisotopic (exact) mass is 276 g/mol. The van der Waals surface area contributed by atoms with Gasteiger partial charge in [-0.25, -0.2) is 4.79 Å². The third-order valence-electron chi connectivity index (χ3n) is 3.27. The minimum Gasteiger partial charge on any atom is -0.381 e. The average Bonchev–Trinajstić information content (AvgIpc) is 2.59. The predicted octanol–water partition coefficient (Wildman–Crippen LogP) is 0.343. The summed E-state index contributed by atoms with van der Waals surface area (Å²) in [7, 11) is 0. The number of nitrogens with one attached hydrogen (secondary N) is 1. The van der Waals surface area contributed by atoms with Crippen LogP contribution in [0.25, 0.3) is 0 Å². The van der Waals surface area contributed by atoms with Gasteiger partial charge in [-0.1, -0.05) is 0 Å². The van der Waals surface area contributed by atoms with Crippen molar-refractivity contribution in [1.29, 1.82) is 0 Å². The number of alkyl halides is 1. The second-order valence-electron chi connectivity index (χ2n) is 4.38. The van der Waals surface area contributed by atoms with Crippen molar-refractivity contribution in [3.63, 3.8) is 0 Å². The van der Waals surface area contributed by atoms with Crippen LogP contribution in [0.1, 0.15) is 12.8 Å². The summed E-state index contributed by atoms with van der Waals surface area (Å²) in [5, 5.41) is 2.79. The molecule has 2 heterocycles. The number of hydrogen-bond acceptors (Lipinski definition) is 4. The summed E-state index contributed by atoms with van der Waals surface area (Å²) in [5.74, 6) is 0.242. The molecule has 0 bridgehead atoms. The Balaban J connectivity index is 1.92. The number of hydrogen-bond donors (Lipinski definition) is 1. The highest BCUT2D eigenvalue weighted by molar-refractivity contribution is 6.17. The van der Waals surface area contributed by atoms with Gasteiger partial charge in [-0.3, -0.25) is 9.69 Å². The zero-order chi connectivity index (χ0) is 13.0. The fourth-order valence-electron chi connectivity index (χ4n) is 2.25. The molecule has 0 aromatic heterocycles. The molecule has 2 saturated heterocycles. The summed E-state index contributed by atoms with van der Waals surface area (Å²) in [4.78, 5) is 25.3. The number of imide groups is 1. The van der Waals surface area contributed by atoms with Gasteiger partial charge in [0.15, 0.2) is 0 Å². The van der Waals surface area contributed by atoms with Crippen LogP contribution in [0.4, 0.5) is 4.79 Å². The standard InChI is InChI=1S/C11H17ClN2O4/c12-3-7-18-8-4-14-9(15)11(13-10(14)16)1-5-17-6-2-11/h1-8H2,(H,13,16). The van der Waals surface area contributed by atoms with Gasteiger partial charge in [0.2, 0.25) is 0 Å². The number of rotatable bonds is 5. The number of carbonyl (C=O) groups excluding carboxylic acids is 2. The lowest BCUT2D eigenvalue weighted by molar-refractivity contribution is -0.135. The third-order valence-corrected chi connectivity index (χ3v) is 3.43. The number of nitrogens with zero attached hydrogens (tertiary/aromatic N) is 1. The van der Waals surface area contributed by atoms with Crippen LogP contribution in [0.3, 0.4) is 0 Å². The summed E-state index contributed by atoms with van der Waals surface area (Å²) < 4.78 is 10.4. The largest absolute Gasteiger partial charge is 0.381 e. The summed E-state index contributed by atoms with van der Waals surface area (Å²) in [5.41, 5.74) is -0.748. The van der Waals surface area contributed by atoms with E-state index < -0.39 is 5.54 Å². The second-order valence-corrected chi connectivity index (χ2v) is 4.76. The maximum absolute atomic E-state index is 12.3. The number of halogens is 1. The van der Waals surface area contributed by atoms with Crippen LogP contribution in [0.15, 0.2) is 0 Å². The Morgan fingerprint density at radius 3 is 2.72 bits per heavy atom. The van der Waals surface area contributed by atoms with Crippen molar-refractivity contribution in [3.8, 4) is 0 Å². The molecule has 2 aliphatic heterocycles. The molecule has 1 N–H and O–H groups in total. The van der Waals surface area contributed by atoms with E-state index in [9.17, 15) is 9.59 Å². The smallest absolute Gasteiger partial charge is 0.325 e. The second kappa shape index (κ2) is 5.86. The van der Waals surface area contributed by atoms with Crippen LogP contribution in [0.2, 0.25) is 0 Å². The fraction of sp³-hybridized carbons (Fsp3) is 0.818. The number of ether oxygens (including phenoxy) is 2. The Morgan fingerprint density at radius 2 is 2.06 bits per heavy atom. The number of urea groups is 1. The molecule has 0 radical (unpaired) electrons. The summed E-state index contributed by atoms with van der Waals surface area (Å²) in [6, 6.07) is -0.337. The minimum atomic E-state index is -0.748. The lowest BCUT2D eigenvalue weighted by Crippen LogP contribution is -2.51. The molecular weight excluding hydrogens is 260 g/mol. The Bertz CT molecular complexity index is 331. The quantitative estimate of drug-likeness (QED) is 0.447. The number of carbonyl (C=O) groups is 2. The summed E-state index contributed by atoms with van der Waals surface area (Å²) >= 11 is 5.47. The van der Waals surface area contributed by atoms with Gasteiger partial charge in [0, 0.05) is 31.9 Å². The molecule has 0 aliphatic carbocycles. The van der Waals surface area contributed by atoms with Crippen molar-refractivity contribution < 1.29 is 19.1 Å². The highest BCUT2D eigenvalue weighted by atomic mass is 35.5. The van der Waals surface area contributed by atoms with Gasteiger partial charge in [0.1, 0.15) is 5.54 Å². The Kier molecular flexibility index (Phi) is 4.42. The van der Waals surface area contributed by atoms with Crippen molar-refractivity contribution >= 4 is 23.5 Å². The van der Waals surface area contributed by atoms with E-state index in [0.29, 0.717) is 45.1 Å². The molecule has 1 spiro atoms. The van der Waals surface area contributed by atoms with E-state index in [0.717, 1.165) is 0 Å². The highest BCUT2D eigenvalue weighted by Gasteiger charge is 2.51. The van der Waals surface area contributed by atoms with Crippen LogP contribution in [0.5, 0.6) is 0 Å². The SMILES string of the molecule is O=C1NC2(CCOCC2)C(=O)N1CCOCCCl. The zero-order valence-corrected chi connectivity index (χ0v) is 10.9. The van der Waals surface area contributed by atoms with E-state index in [2.05, 4.69) is 5.32 Å². The molecule has 0 unspecified atom stereocenters. The lowest BCUT2D eigenvalue weighted by atomic mass is 9.90. The van der Waals surface area contributed by atoms with Crippen LogP contribution >= 0.6 is 11.6 Å². The zero-order valence-electron chi connectivity index (χ0n) is 10.1. The normalized spacial score (nSPS) is 22.6. The molecule has 0 atom stereocenters. The third kappa shape index (κ3) is 2.60. The van der Waals surface area contributed by atoms with E-state index in [1.807, 2.05) is 0 Å².